The molecule has 1 aromatic carbocycles. The summed E-state index contributed by atoms with van der Waals surface area (Å²) >= 11 is 0. The molecule has 0 heterocycles. The molecule has 3 N–H and O–H groups in total. The van der Waals surface area contributed by atoms with E-state index in [2.05, 4.69) is 10.6 Å². The van der Waals surface area contributed by atoms with Gasteiger partial charge in [0.05, 0.1) is 14.2 Å². The second kappa shape index (κ2) is 9.49. The summed E-state index contributed by atoms with van der Waals surface area (Å²) in [6.07, 6.45) is 1.12. The Morgan fingerprint density at radius 3 is 2.41 bits per heavy atom. The average Bonchev–Trinajstić information content (AvgIpc) is 2.51. The lowest BCUT2D eigenvalue weighted by molar-refractivity contribution is -0.137. The minimum atomic E-state index is -0.865. The van der Waals surface area contributed by atoms with E-state index in [0.29, 0.717) is 37.4 Å². The molecule has 7 heteroatoms. The Labute approximate surface area is 129 Å². The lowest BCUT2D eigenvalue weighted by Gasteiger charge is -2.10. The summed E-state index contributed by atoms with van der Waals surface area (Å²) in [5, 5.41) is 13.8. The van der Waals surface area contributed by atoms with Gasteiger partial charge in [-0.15, -0.1) is 0 Å². The van der Waals surface area contributed by atoms with E-state index < -0.39 is 5.97 Å². The molecule has 0 spiro atoms. The van der Waals surface area contributed by atoms with Crippen LogP contribution < -0.4 is 20.1 Å². The number of amides is 2. The number of urea groups is 1. The molecule has 0 unspecified atom stereocenters. The molecule has 0 atom stereocenters. The van der Waals surface area contributed by atoms with Gasteiger partial charge in [0.15, 0.2) is 11.5 Å². The van der Waals surface area contributed by atoms with Crippen LogP contribution in [0, 0.1) is 0 Å². The second-order valence-corrected chi connectivity index (χ2v) is 4.62. The van der Waals surface area contributed by atoms with Crippen molar-refractivity contribution >= 4 is 12.0 Å². The first-order chi connectivity index (χ1) is 10.6. The fraction of sp³-hybridized carbons (Fsp3) is 0.467. The molecule has 0 bridgehead atoms. The van der Waals surface area contributed by atoms with Gasteiger partial charge in [0.1, 0.15) is 0 Å². The van der Waals surface area contributed by atoms with E-state index >= 15 is 0 Å². The zero-order valence-corrected chi connectivity index (χ0v) is 12.8. The van der Waals surface area contributed by atoms with Crippen LogP contribution in [-0.4, -0.2) is 44.4 Å². The number of ether oxygens (including phenoxy) is 2. The van der Waals surface area contributed by atoms with Crippen molar-refractivity contribution in [1.82, 2.24) is 10.6 Å². The van der Waals surface area contributed by atoms with E-state index in [-0.39, 0.29) is 12.5 Å². The summed E-state index contributed by atoms with van der Waals surface area (Å²) in [5.41, 5.74) is 1.02. The molecule has 0 aliphatic rings. The molecule has 0 aliphatic heterocycles. The third-order valence-electron chi connectivity index (χ3n) is 3.00. The first kappa shape index (κ1) is 17.6. The van der Waals surface area contributed by atoms with E-state index in [1.54, 1.807) is 14.2 Å². The lowest BCUT2D eigenvalue weighted by atomic mass is 10.1. The van der Waals surface area contributed by atoms with Gasteiger partial charge in [-0.05, 0) is 30.5 Å². The maximum absolute atomic E-state index is 11.5. The summed E-state index contributed by atoms with van der Waals surface area (Å²) < 4.78 is 10.4. The van der Waals surface area contributed by atoms with Gasteiger partial charge in [-0.2, -0.15) is 0 Å². The fourth-order valence-corrected chi connectivity index (χ4v) is 1.86. The summed E-state index contributed by atoms with van der Waals surface area (Å²) in [5.74, 6) is 0.448. The van der Waals surface area contributed by atoms with Gasteiger partial charge >= 0.3 is 12.0 Å². The second-order valence-electron chi connectivity index (χ2n) is 4.62. The van der Waals surface area contributed by atoms with Crippen LogP contribution in [0.4, 0.5) is 4.79 Å². The highest BCUT2D eigenvalue weighted by Crippen LogP contribution is 2.27. The van der Waals surface area contributed by atoms with E-state index in [1.165, 1.54) is 0 Å². The van der Waals surface area contributed by atoms with Gasteiger partial charge in [-0.3, -0.25) is 4.79 Å². The third-order valence-corrected chi connectivity index (χ3v) is 3.00. The standard InChI is InChI=1S/C15H22N2O5/c1-21-12-6-5-11(10-13(12)22-2)7-9-17-15(20)16-8-3-4-14(18)19/h5-6,10H,3-4,7-9H2,1-2H3,(H,18,19)(H2,16,17,20). The molecule has 0 aromatic heterocycles. The highest BCUT2D eigenvalue weighted by Gasteiger charge is 2.05. The molecular formula is C15H22N2O5. The molecule has 7 nitrogen and oxygen atoms in total. The van der Waals surface area contributed by atoms with Crippen molar-refractivity contribution in [3.63, 3.8) is 0 Å². The molecule has 0 saturated heterocycles. The van der Waals surface area contributed by atoms with Crippen LogP contribution in [0.5, 0.6) is 11.5 Å². The number of aliphatic carboxylic acids is 1. The van der Waals surface area contributed by atoms with Crippen LogP contribution in [0.25, 0.3) is 0 Å². The Morgan fingerprint density at radius 1 is 1.09 bits per heavy atom. The molecular weight excluding hydrogens is 288 g/mol. The topological polar surface area (TPSA) is 96.9 Å². The summed E-state index contributed by atoms with van der Waals surface area (Å²) in [6.45, 7) is 0.814. The molecule has 0 radical (unpaired) electrons. The van der Waals surface area contributed by atoms with Crippen molar-refractivity contribution in [3.05, 3.63) is 23.8 Å². The van der Waals surface area contributed by atoms with E-state index in [4.69, 9.17) is 14.6 Å². The Hall–Kier alpha value is -2.44. The van der Waals surface area contributed by atoms with Crippen LogP contribution in [0.2, 0.25) is 0 Å². The minimum Gasteiger partial charge on any atom is -0.493 e. The lowest BCUT2D eigenvalue weighted by Crippen LogP contribution is -2.37. The summed E-state index contributed by atoms with van der Waals surface area (Å²) in [6, 6.07) is 5.30. The van der Waals surface area contributed by atoms with Crippen molar-refractivity contribution in [1.29, 1.82) is 0 Å². The zero-order valence-electron chi connectivity index (χ0n) is 12.8. The smallest absolute Gasteiger partial charge is 0.314 e. The maximum atomic E-state index is 11.5. The van der Waals surface area contributed by atoms with Crippen LogP contribution in [0.1, 0.15) is 18.4 Å². The number of carboxylic acid groups (broad SMARTS) is 1. The van der Waals surface area contributed by atoms with Gasteiger partial charge < -0.3 is 25.2 Å². The van der Waals surface area contributed by atoms with Crippen LogP contribution in [0.3, 0.4) is 0 Å². The number of rotatable bonds is 9. The number of methoxy groups -OCH3 is 2. The molecule has 1 aromatic rings. The first-order valence-corrected chi connectivity index (χ1v) is 7.01. The van der Waals surface area contributed by atoms with Crippen LogP contribution >= 0.6 is 0 Å². The Kier molecular flexibility index (Phi) is 7.60. The quantitative estimate of drug-likeness (QED) is 0.599. The normalized spacial score (nSPS) is 9.91. The van der Waals surface area contributed by atoms with Crippen molar-refractivity contribution in [2.45, 2.75) is 19.3 Å². The largest absolute Gasteiger partial charge is 0.493 e. The molecule has 0 fully saturated rings. The van der Waals surface area contributed by atoms with Gasteiger partial charge in [0, 0.05) is 19.5 Å². The molecule has 122 valence electrons. The zero-order chi connectivity index (χ0) is 16.4. The summed E-state index contributed by atoms with van der Waals surface area (Å²) in [4.78, 5) is 21.8. The predicted molar refractivity (Wildman–Crippen MR) is 81.5 cm³/mol. The van der Waals surface area contributed by atoms with Crippen molar-refractivity contribution in [2.24, 2.45) is 0 Å². The monoisotopic (exact) mass is 310 g/mol. The summed E-state index contributed by atoms with van der Waals surface area (Å²) in [7, 11) is 3.15. The van der Waals surface area contributed by atoms with Gasteiger partial charge in [0.25, 0.3) is 0 Å². The SMILES string of the molecule is COc1ccc(CCNC(=O)NCCCC(=O)O)cc1OC. The highest BCUT2D eigenvalue weighted by molar-refractivity contribution is 5.73. The molecule has 0 aliphatic carbocycles. The maximum Gasteiger partial charge on any atom is 0.314 e. The van der Waals surface area contributed by atoms with E-state index in [0.717, 1.165) is 5.56 Å². The number of benzene rings is 1. The van der Waals surface area contributed by atoms with Crippen molar-refractivity contribution in [2.75, 3.05) is 27.3 Å². The predicted octanol–water partition coefficient (Wildman–Crippen LogP) is 1.41. The minimum absolute atomic E-state index is 0.0475. The fourth-order valence-electron chi connectivity index (χ4n) is 1.86. The first-order valence-electron chi connectivity index (χ1n) is 7.01. The number of hydrogen-bond acceptors (Lipinski definition) is 4. The molecule has 2 amide bonds. The number of carbonyl (C=O) groups excluding carboxylic acids is 1. The molecule has 22 heavy (non-hydrogen) atoms. The van der Waals surface area contributed by atoms with Gasteiger partial charge in [0.2, 0.25) is 0 Å². The Morgan fingerprint density at radius 2 is 1.77 bits per heavy atom. The van der Waals surface area contributed by atoms with E-state index in [1.807, 2.05) is 18.2 Å². The van der Waals surface area contributed by atoms with Crippen LogP contribution in [-0.2, 0) is 11.2 Å². The number of carbonyl (C=O) groups is 2. The average molecular weight is 310 g/mol. The number of carboxylic acids is 1. The van der Waals surface area contributed by atoms with Gasteiger partial charge in [-0.25, -0.2) is 4.79 Å². The highest BCUT2D eigenvalue weighted by atomic mass is 16.5. The molecule has 0 saturated carbocycles. The third kappa shape index (κ3) is 6.34. The number of hydrogen-bond donors (Lipinski definition) is 3. The van der Waals surface area contributed by atoms with Crippen molar-refractivity contribution in [3.8, 4) is 11.5 Å². The van der Waals surface area contributed by atoms with Gasteiger partial charge in [-0.1, -0.05) is 6.07 Å². The van der Waals surface area contributed by atoms with E-state index in [9.17, 15) is 9.59 Å². The Bertz CT molecular complexity index is 505. The van der Waals surface area contributed by atoms with Crippen LogP contribution in [0.15, 0.2) is 18.2 Å². The molecule has 1 rings (SSSR count). The Balaban J connectivity index is 2.29. The number of nitrogens with one attached hydrogen (secondary N) is 2. The van der Waals surface area contributed by atoms with Crippen molar-refractivity contribution < 1.29 is 24.2 Å².